The first-order chi connectivity index (χ1) is 7.30. The number of hydrogen-bond acceptors (Lipinski definition) is 3. The van der Waals surface area contributed by atoms with Crippen molar-refractivity contribution in [3.63, 3.8) is 0 Å². The molecule has 2 rings (SSSR count). The van der Waals surface area contributed by atoms with Gasteiger partial charge in [0.1, 0.15) is 0 Å². The Balaban J connectivity index is 1.87. The van der Waals surface area contributed by atoms with Crippen LogP contribution in [0.4, 0.5) is 0 Å². The first-order valence-electron chi connectivity index (χ1n) is 6.28. The number of aliphatic hydroxyl groups excluding tert-OH is 2. The highest BCUT2D eigenvalue weighted by Crippen LogP contribution is 2.51. The smallest absolute Gasteiger partial charge is 0.0607 e. The minimum Gasteiger partial charge on any atom is -0.395 e. The van der Waals surface area contributed by atoms with Crippen molar-refractivity contribution < 1.29 is 10.2 Å². The zero-order chi connectivity index (χ0) is 10.7. The Morgan fingerprint density at radius 1 is 1.07 bits per heavy atom. The fourth-order valence-corrected chi connectivity index (χ4v) is 3.26. The molecule has 3 nitrogen and oxygen atoms in total. The third-order valence-corrected chi connectivity index (χ3v) is 4.40. The van der Waals surface area contributed by atoms with Gasteiger partial charge in [-0.15, -0.1) is 0 Å². The molecule has 1 spiro atoms. The van der Waals surface area contributed by atoms with Crippen LogP contribution in [0.5, 0.6) is 0 Å². The van der Waals surface area contributed by atoms with Crippen molar-refractivity contribution >= 4 is 0 Å². The second-order valence-electron chi connectivity index (χ2n) is 5.24. The molecule has 0 aliphatic heterocycles. The molecule has 2 aliphatic rings. The summed E-state index contributed by atoms with van der Waals surface area (Å²) < 4.78 is 0. The van der Waals surface area contributed by atoms with Gasteiger partial charge in [-0.05, 0) is 31.1 Å². The Hall–Kier alpha value is -0.120. The summed E-state index contributed by atoms with van der Waals surface area (Å²) in [7, 11) is 0. The maximum atomic E-state index is 9.06. The first-order valence-corrected chi connectivity index (χ1v) is 6.28. The average molecular weight is 213 g/mol. The van der Waals surface area contributed by atoms with E-state index in [9.17, 15) is 0 Å². The van der Waals surface area contributed by atoms with Gasteiger partial charge in [0.15, 0.2) is 0 Å². The summed E-state index contributed by atoms with van der Waals surface area (Å²) in [5, 5.41) is 21.5. The summed E-state index contributed by atoms with van der Waals surface area (Å²) in [4.78, 5) is 0. The lowest BCUT2D eigenvalue weighted by Crippen LogP contribution is -2.58. The molecule has 2 fully saturated rings. The molecule has 1 atom stereocenters. The van der Waals surface area contributed by atoms with Gasteiger partial charge in [0.05, 0.1) is 19.3 Å². The van der Waals surface area contributed by atoms with E-state index in [0.29, 0.717) is 11.5 Å². The van der Waals surface area contributed by atoms with E-state index in [4.69, 9.17) is 10.2 Å². The van der Waals surface area contributed by atoms with Gasteiger partial charge in [0, 0.05) is 6.04 Å². The van der Waals surface area contributed by atoms with Crippen LogP contribution in [0.2, 0.25) is 0 Å². The Morgan fingerprint density at radius 2 is 1.73 bits per heavy atom. The van der Waals surface area contributed by atoms with Gasteiger partial charge in [0.25, 0.3) is 0 Å². The van der Waals surface area contributed by atoms with Crippen molar-refractivity contribution in [2.75, 3.05) is 13.2 Å². The third-order valence-electron chi connectivity index (χ3n) is 4.40. The minimum absolute atomic E-state index is 0.0447. The molecule has 0 aromatic rings. The zero-order valence-corrected chi connectivity index (χ0v) is 9.41. The zero-order valence-electron chi connectivity index (χ0n) is 9.41. The van der Waals surface area contributed by atoms with E-state index >= 15 is 0 Å². The minimum atomic E-state index is -0.117. The predicted molar refractivity (Wildman–Crippen MR) is 59.6 cm³/mol. The van der Waals surface area contributed by atoms with E-state index < -0.39 is 0 Å². The van der Waals surface area contributed by atoms with Crippen LogP contribution in [0.1, 0.15) is 44.9 Å². The first kappa shape index (κ1) is 11.4. The molecular weight excluding hydrogens is 190 g/mol. The molecule has 0 heterocycles. The highest BCUT2D eigenvalue weighted by Gasteiger charge is 2.46. The summed E-state index contributed by atoms with van der Waals surface area (Å²) in [6, 6.07) is 0.427. The Labute approximate surface area is 91.9 Å². The van der Waals surface area contributed by atoms with E-state index in [1.54, 1.807) is 0 Å². The van der Waals surface area contributed by atoms with Crippen molar-refractivity contribution in [3.05, 3.63) is 0 Å². The molecule has 0 aromatic carbocycles. The molecule has 0 saturated heterocycles. The van der Waals surface area contributed by atoms with Crippen LogP contribution in [-0.4, -0.2) is 35.5 Å². The topological polar surface area (TPSA) is 52.5 Å². The van der Waals surface area contributed by atoms with Crippen molar-refractivity contribution in [1.29, 1.82) is 0 Å². The average Bonchev–Trinajstić information content (AvgIpc) is 2.30. The summed E-state index contributed by atoms with van der Waals surface area (Å²) in [6.07, 6.45) is 9.35. The SMILES string of the molecule is OCC(CO)NC1CCC12CCCCC2. The summed E-state index contributed by atoms with van der Waals surface area (Å²) in [6.45, 7) is 0.0894. The van der Waals surface area contributed by atoms with E-state index in [0.717, 1.165) is 0 Å². The lowest BCUT2D eigenvalue weighted by atomic mass is 9.57. The molecule has 1 unspecified atom stereocenters. The molecule has 0 bridgehead atoms. The third kappa shape index (κ3) is 2.19. The Bertz CT molecular complexity index is 198. The fraction of sp³-hybridized carbons (Fsp3) is 1.00. The van der Waals surface area contributed by atoms with Crippen molar-refractivity contribution in [2.24, 2.45) is 5.41 Å². The lowest BCUT2D eigenvalue weighted by molar-refractivity contribution is 0.00582. The van der Waals surface area contributed by atoms with Gasteiger partial charge in [-0.2, -0.15) is 0 Å². The standard InChI is InChI=1S/C12H23NO2/c14-8-10(9-15)13-11-4-7-12(11)5-2-1-3-6-12/h10-11,13-15H,1-9H2. The highest BCUT2D eigenvalue weighted by atomic mass is 16.3. The summed E-state index contributed by atoms with van der Waals surface area (Å²) in [5.74, 6) is 0. The van der Waals surface area contributed by atoms with Crippen LogP contribution >= 0.6 is 0 Å². The highest BCUT2D eigenvalue weighted by molar-refractivity contribution is 5.02. The molecule has 2 aliphatic carbocycles. The number of hydrogen-bond donors (Lipinski definition) is 3. The van der Waals surface area contributed by atoms with Crippen LogP contribution in [-0.2, 0) is 0 Å². The van der Waals surface area contributed by atoms with E-state index in [1.165, 1.54) is 44.9 Å². The van der Waals surface area contributed by atoms with Crippen molar-refractivity contribution in [1.82, 2.24) is 5.32 Å². The van der Waals surface area contributed by atoms with E-state index in [-0.39, 0.29) is 19.3 Å². The number of aliphatic hydroxyl groups is 2. The maximum absolute atomic E-state index is 9.06. The van der Waals surface area contributed by atoms with Crippen LogP contribution in [0.3, 0.4) is 0 Å². The second kappa shape index (κ2) is 4.81. The maximum Gasteiger partial charge on any atom is 0.0607 e. The van der Waals surface area contributed by atoms with Gasteiger partial charge in [-0.25, -0.2) is 0 Å². The van der Waals surface area contributed by atoms with Gasteiger partial charge >= 0.3 is 0 Å². The van der Waals surface area contributed by atoms with Gasteiger partial charge in [-0.1, -0.05) is 19.3 Å². The van der Waals surface area contributed by atoms with Crippen LogP contribution in [0.25, 0.3) is 0 Å². The van der Waals surface area contributed by atoms with Crippen LogP contribution < -0.4 is 5.32 Å². The molecule has 3 N–H and O–H groups in total. The molecule has 0 radical (unpaired) electrons. The largest absolute Gasteiger partial charge is 0.395 e. The number of rotatable bonds is 4. The number of nitrogens with one attached hydrogen (secondary N) is 1. The Morgan fingerprint density at radius 3 is 2.20 bits per heavy atom. The molecule has 0 aromatic heterocycles. The quantitative estimate of drug-likeness (QED) is 0.654. The molecule has 0 amide bonds. The van der Waals surface area contributed by atoms with Gasteiger partial charge in [0.2, 0.25) is 0 Å². The van der Waals surface area contributed by atoms with Crippen molar-refractivity contribution in [3.8, 4) is 0 Å². The molecule has 15 heavy (non-hydrogen) atoms. The predicted octanol–water partition coefficient (Wildman–Crippen LogP) is 1.04. The van der Waals surface area contributed by atoms with Crippen LogP contribution in [0.15, 0.2) is 0 Å². The lowest BCUT2D eigenvalue weighted by Gasteiger charge is -2.53. The molecule has 2 saturated carbocycles. The molecule has 88 valence electrons. The van der Waals surface area contributed by atoms with Crippen LogP contribution in [0, 0.1) is 5.41 Å². The van der Waals surface area contributed by atoms with E-state index in [2.05, 4.69) is 5.32 Å². The molecular formula is C12H23NO2. The van der Waals surface area contributed by atoms with Crippen molar-refractivity contribution in [2.45, 2.75) is 57.0 Å². The van der Waals surface area contributed by atoms with Gasteiger partial charge < -0.3 is 15.5 Å². The van der Waals surface area contributed by atoms with E-state index in [1.807, 2.05) is 0 Å². The molecule has 3 heteroatoms. The summed E-state index contributed by atoms with van der Waals surface area (Å²) in [5.41, 5.74) is 0.515. The fourth-order valence-electron chi connectivity index (χ4n) is 3.26. The Kier molecular flexibility index (Phi) is 3.65. The summed E-state index contributed by atoms with van der Waals surface area (Å²) >= 11 is 0. The normalized spacial score (nSPS) is 29.4. The van der Waals surface area contributed by atoms with Gasteiger partial charge in [-0.3, -0.25) is 0 Å². The monoisotopic (exact) mass is 213 g/mol. The second-order valence-corrected chi connectivity index (χ2v) is 5.24.